The maximum Gasteiger partial charge on any atom is 0.136 e. The molecule has 260 valence electrons. The van der Waals surface area contributed by atoms with E-state index in [4.69, 9.17) is 4.42 Å². The Labute approximate surface area is 320 Å². The van der Waals surface area contributed by atoms with Crippen LogP contribution in [0.3, 0.4) is 0 Å². The summed E-state index contributed by atoms with van der Waals surface area (Å²) in [6.45, 7) is 4.70. The number of para-hydroxylation sites is 1. The fourth-order valence-electron chi connectivity index (χ4n) is 9.10. The number of benzene rings is 9. The van der Waals surface area contributed by atoms with E-state index in [1.54, 1.807) is 0 Å². The van der Waals surface area contributed by atoms with Gasteiger partial charge >= 0.3 is 0 Å². The summed E-state index contributed by atoms with van der Waals surface area (Å²) in [5, 5.41) is 7.24. The normalized spacial score (nSPS) is 13.1. The predicted octanol–water partition coefficient (Wildman–Crippen LogP) is 15.0. The van der Waals surface area contributed by atoms with Gasteiger partial charge in [0.2, 0.25) is 0 Å². The van der Waals surface area contributed by atoms with Crippen molar-refractivity contribution in [3.05, 3.63) is 199 Å². The van der Waals surface area contributed by atoms with Gasteiger partial charge in [0, 0.05) is 33.2 Å². The second-order valence-corrected chi connectivity index (χ2v) is 15.3. The molecule has 1 aliphatic carbocycles. The first kappa shape index (κ1) is 31.6. The van der Waals surface area contributed by atoms with Gasteiger partial charge in [0.05, 0.1) is 0 Å². The van der Waals surface area contributed by atoms with Crippen LogP contribution in [0, 0.1) is 0 Å². The Kier molecular flexibility index (Phi) is 6.93. The fourth-order valence-corrected chi connectivity index (χ4v) is 9.10. The molecule has 0 bridgehead atoms. The molecule has 0 amide bonds. The molecule has 0 spiro atoms. The zero-order chi connectivity index (χ0) is 36.7. The second-order valence-electron chi connectivity index (χ2n) is 15.3. The molecule has 55 heavy (non-hydrogen) atoms. The van der Waals surface area contributed by atoms with Gasteiger partial charge in [-0.05, 0) is 121 Å². The third-order valence-electron chi connectivity index (χ3n) is 11.8. The Hall–Kier alpha value is -6.90. The van der Waals surface area contributed by atoms with Crippen molar-refractivity contribution in [2.45, 2.75) is 19.3 Å². The lowest BCUT2D eigenvalue weighted by Gasteiger charge is -2.28. The SMILES string of the molecule is CC1(C)c2ccccc2-c2ccc(N(c3ccc(-c4cccc5c4ccc4oc6ccccc6c45)cc3)c3cccc(-c4ccc5ccccc5c4)c3)cc21. The van der Waals surface area contributed by atoms with Crippen molar-refractivity contribution in [2.24, 2.45) is 0 Å². The van der Waals surface area contributed by atoms with Crippen LogP contribution in [-0.4, -0.2) is 0 Å². The van der Waals surface area contributed by atoms with E-state index in [0.29, 0.717) is 0 Å². The summed E-state index contributed by atoms with van der Waals surface area (Å²) in [5.41, 5.74) is 15.3. The van der Waals surface area contributed by atoms with Gasteiger partial charge in [-0.15, -0.1) is 0 Å². The van der Waals surface area contributed by atoms with Crippen LogP contribution < -0.4 is 4.90 Å². The Morgan fingerprint density at radius 3 is 1.96 bits per heavy atom. The van der Waals surface area contributed by atoms with Crippen LogP contribution in [0.2, 0.25) is 0 Å². The van der Waals surface area contributed by atoms with Crippen molar-refractivity contribution in [1.82, 2.24) is 0 Å². The summed E-state index contributed by atoms with van der Waals surface area (Å²) in [5.74, 6) is 0. The molecule has 0 aliphatic heterocycles. The van der Waals surface area contributed by atoms with Crippen LogP contribution in [-0.2, 0) is 5.41 Å². The molecule has 0 N–H and O–H groups in total. The lowest BCUT2D eigenvalue weighted by molar-refractivity contribution is 0.660. The quantitative estimate of drug-likeness (QED) is 0.177. The summed E-state index contributed by atoms with van der Waals surface area (Å²) >= 11 is 0. The summed E-state index contributed by atoms with van der Waals surface area (Å²) < 4.78 is 6.24. The molecule has 1 heterocycles. The lowest BCUT2D eigenvalue weighted by Crippen LogP contribution is -2.16. The lowest BCUT2D eigenvalue weighted by atomic mass is 9.82. The molecule has 0 atom stereocenters. The molecule has 10 aromatic rings. The van der Waals surface area contributed by atoms with Gasteiger partial charge in [-0.3, -0.25) is 0 Å². The first-order valence-corrected chi connectivity index (χ1v) is 19.1. The highest BCUT2D eigenvalue weighted by atomic mass is 16.3. The molecule has 0 fully saturated rings. The Morgan fingerprint density at radius 2 is 1.05 bits per heavy atom. The summed E-state index contributed by atoms with van der Waals surface area (Å²) in [6.07, 6.45) is 0. The standard InChI is InChI=1S/C53H37NO/c1-53(2)48-19-7-5-15-44(48)45-28-27-41(33-49(45)53)54(40-14-9-13-37(32-40)38-22-21-34-11-3-4-12-36(34)31-38)39-25-23-35(24-26-39)42-17-10-18-46-43(42)29-30-51-52(46)47-16-6-8-20-50(47)55-51/h3-33H,1-2H3. The van der Waals surface area contributed by atoms with E-state index >= 15 is 0 Å². The molecule has 0 radical (unpaired) electrons. The number of hydrogen-bond donors (Lipinski definition) is 0. The van der Waals surface area contributed by atoms with Crippen molar-refractivity contribution >= 4 is 60.5 Å². The van der Waals surface area contributed by atoms with Crippen LogP contribution >= 0.6 is 0 Å². The number of fused-ring (bicyclic) bond motifs is 9. The Morgan fingerprint density at radius 1 is 0.382 bits per heavy atom. The van der Waals surface area contributed by atoms with Crippen molar-refractivity contribution in [3.63, 3.8) is 0 Å². The van der Waals surface area contributed by atoms with Crippen LogP contribution in [0.4, 0.5) is 17.1 Å². The minimum atomic E-state index is -0.107. The number of rotatable bonds is 5. The maximum atomic E-state index is 6.24. The van der Waals surface area contributed by atoms with Gasteiger partial charge in [-0.1, -0.05) is 147 Å². The highest BCUT2D eigenvalue weighted by Gasteiger charge is 2.35. The van der Waals surface area contributed by atoms with Crippen molar-refractivity contribution in [3.8, 4) is 33.4 Å². The predicted molar refractivity (Wildman–Crippen MR) is 232 cm³/mol. The van der Waals surface area contributed by atoms with Gasteiger partial charge in [0.15, 0.2) is 0 Å². The van der Waals surface area contributed by atoms with Crippen molar-refractivity contribution in [1.29, 1.82) is 0 Å². The average Bonchev–Trinajstić information content (AvgIpc) is 3.73. The molecule has 0 saturated carbocycles. The molecular formula is C53H37NO. The first-order chi connectivity index (χ1) is 27.0. The van der Waals surface area contributed by atoms with Crippen molar-refractivity contribution < 1.29 is 4.42 Å². The van der Waals surface area contributed by atoms with Gasteiger partial charge in [-0.25, -0.2) is 0 Å². The highest BCUT2D eigenvalue weighted by Crippen LogP contribution is 2.51. The molecular weight excluding hydrogens is 667 g/mol. The van der Waals surface area contributed by atoms with E-state index in [2.05, 4.69) is 195 Å². The first-order valence-electron chi connectivity index (χ1n) is 19.1. The molecule has 9 aromatic carbocycles. The molecule has 2 nitrogen and oxygen atoms in total. The van der Waals surface area contributed by atoms with E-state index in [0.717, 1.165) is 33.6 Å². The molecule has 1 aromatic heterocycles. The zero-order valence-electron chi connectivity index (χ0n) is 30.8. The minimum Gasteiger partial charge on any atom is -0.456 e. The van der Waals surface area contributed by atoms with E-state index < -0.39 is 0 Å². The topological polar surface area (TPSA) is 16.4 Å². The monoisotopic (exact) mass is 703 g/mol. The number of hydrogen-bond acceptors (Lipinski definition) is 2. The largest absolute Gasteiger partial charge is 0.456 e. The molecule has 0 saturated heterocycles. The number of furan rings is 1. The fraction of sp³-hybridized carbons (Fsp3) is 0.0566. The van der Waals surface area contributed by atoms with E-state index in [1.165, 1.54) is 71.4 Å². The molecule has 0 unspecified atom stereocenters. The van der Waals surface area contributed by atoms with Crippen LogP contribution in [0.5, 0.6) is 0 Å². The summed E-state index contributed by atoms with van der Waals surface area (Å²) in [4.78, 5) is 2.41. The highest BCUT2D eigenvalue weighted by molar-refractivity contribution is 6.21. The smallest absolute Gasteiger partial charge is 0.136 e. The zero-order valence-corrected chi connectivity index (χ0v) is 30.8. The second kappa shape index (κ2) is 12.1. The molecule has 1 aliphatic rings. The molecule has 11 rings (SSSR count). The van der Waals surface area contributed by atoms with Crippen LogP contribution in [0.25, 0.3) is 76.9 Å². The van der Waals surface area contributed by atoms with E-state index in [9.17, 15) is 0 Å². The third kappa shape index (κ3) is 4.95. The van der Waals surface area contributed by atoms with Gasteiger partial charge in [-0.2, -0.15) is 0 Å². The average molecular weight is 704 g/mol. The summed E-state index contributed by atoms with van der Waals surface area (Å²) in [7, 11) is 0. The minimum absolute atomic E-state index is 0.107. The van der Waals surface area contributed by atoms with Gasteiger partial charge < -0.3 is 9.32 Å². The van der Waals surface area contributed by atoms with Gasteiger partial charge in [0.25, 0.3) is 0 Å². The van der Waals surface area contributed by atoms with E-state index in [1.807, 2.05) is 12.1 Å². The van der Waals surface area contributed by atoms with Crippen LogP contribution in [0.1, 0.15) is 25.0 Å². The Balaban J connectivity index is 1.05. The van der Waals surface area contributed by atoms with Gasteiger partial charge in [0.1, 0.15) is 11.2 Å². The number of anilines is 3. The number of nitrogens with zero attached hydrogens (tertiary/aromatic N) is 1. The molecule has 2 heteroatoms. The maximum absolute atomic E-state index is 6.24. The van der Waals surface area contributed by atoms with E-state index in [-0.39, 0.29) is 5.41 Å². The van der Waals surface area contributed by atoms with Crippen molar-refractivity contribution in [2.75, 3.05) is 4.90 Å². The van der Waals surface area contributed by atoms with Crippen LogP contribution in [0.15, 0.2) is 192 Å². The summed E-state index contributed by atoms with van der Waals surface area (Å²) in [6, 6.07) is 68.6. The third-order valence-corrected chi connectivity index (χ3v) is 11.8. The Bertz CT molecular complexity index is 3130.